The van der Waals surface area contributed by atoms with Gasteiger partial charge in [0.05, 0.1) is 13.1 Å². The lowest BCUT2D eigenvalue weighted by Gasteiger charge is -2.38. The van der Waals surface area contributed by atoms with E-state index in [4.69, 9.17) is 5.21 Å². The fourth-order valence-electron chi connectivity index (χ4n) is 4.52. The van der Waals surface area contributed by atoms with Crippen molar-refractivity contribution in [1.29, 1.82) is 0 Å². The summed E-state index contributed by atoms with van der Waals surface area (Å²) in [5, 5.41) is 9.94. The molecular weight excluding hydrogens is 420 g/mol. The fourth-order valence-corrected chi connectivity index (χ4v) is 4.52. The highest BCUT2D eigenvalue weighted by molar-refractivity contribution is 5.95. The van der Waals surface area contributed by atoms with E-state index in [1.54, 1.807) is 34.3 Å². The van der Waals surface area contributed by atoms with E-state index < -0.39 is 11.9 Å². The molecule has 1 aliphatic heterocycles. The smallest absolute Gasteiger partial charge is 0.274 e. The van der Waals surface area contributed by atoms with Crippen LogP contribution in [0.1, 0.15) is 41.0 Å². The molecule has 0 aliphatic carbocycles. The minimum atomic E-state index is -0.562. The van der Waals surface area contributed by atoms with Crippen LogP contribution in [0.4, 0.5) is 0 Å². The molecule has 1 aromatic heterocycles. The Kier molecular flexibility index (Phi) is 6.20. The number of hydrogen-bond acceptors (Lipinski definition) is 4. The molecular formula is C25H28N4O4. The number of para-hydroxylation sites is 1. The molecule has 1 atom stereocenters. The zero-order valence-corrected chi connectivity index (χ0v) is 19.0. The van der Waals surface area contributed by atoms with Crippen LogP contribution in [0.2, 0.25) is 0 Å². The predicted molar refractivity (Wildman–Crippen MR) is 124 cm³/mol. The van der Waals surface area contributed by atoms with Crippen molar-refractivity contribution in [1.82, 2.24) is 19.8 Å². The number of rotatable bonds is 6. The van der Waals surface area contributed by atoms with Crippen LogP contribution in [-0.2, 0) is 22.7 Å². The first-order valence-corrected chi connectivity index (χ1v) is 11.0. The third-order valence-corrected chi connectivity index (χ3v) is 6.50. The van der Waals surface area contributed by atoms with Gasteiger partial charge >= 0.3 is 0 Å². The second-order valence-electron chi connectivity index (χ2n) is 8.36. The number of nitrogens with zero attached hydrogens (tertiary/aromatic N) is 3. The highest BCUT2D eigenvalue weighted by Crippen LogP contribution is 2.29. The molecule has 3 aromatic rings. The number of aryl methyl sites for hydroxylation is 1. The number of nitrogens with one attached hydrogen (secondary N) is 1. The van der Waals surface area contributed by atoms with Gasteiger partial charge in [0.1, 0.15) is 6.04 Å². The van der Waals surface area contributed by atoms with Crippen molar-refractivity contribution in [3.63, 3.8) is 0 Å². The average Bonchev–Trinajstić information content (AvgIpc) is 3.09. The van der Waals surface area contributed by atoms with Gasteiger partial charge in [0.15, 0.2) is 0 Å². The number of amides is 3. The van der Waals surface area contributed by atoms with E-state index in [0.29, 0.717) is 25.2 Å². The summed E-state index contributed by atoms with van der Waals surface area (Å²) < 4.78 is 2.17. The van der Waals surface area contributed by atoms with Crippen LogP contribution in [-0.4, -0.2) is 56.4 Å². The van der Waals surface area contributed by atoms with E-state index in [1.165, 1.54) is 0 Å². The Hall–Kier alpha value is -3.65. The Balaban J connectivity index is 1.71. The maximum absolute atomic E-state index is 12.9. The van der Waals surface area contributed by atoms with E-state index in [2.05, 4.69) is 10.6 Å². The number of carbonyl (C=O) groups excluding carboxylic acids is 3. The third kappa shape index (κ3) is 4.09. The fraction of sp³-hybridized carbons (Fsp3) is 0.320. The largest absolute Gasteiger partial charge is 0.338 e. The van der Waals surface area contributed by atoms with E-state index in [0.717, 1.165) is 27.7 Å². The van der Waals surface area contributed by atoms with Gasteiger partial charge < -0.3 is 14.4 Å². The van der Waals surface area contributed by atoms with Crippen LogP contribution >= 0.6 is 0 Å². The molecule has 33 heavy (non-hydrogen) atoms. The average molecular weight is 449 g/mol. The van der Waals surface area contributed by atoms with Crippen molar-refractivity contribution in [2.24, 2.45) is 0 Å². The molecule has 8 heteroatoms. The second-order valence-corrected chi connectivity index (χ2v) is 8.36. The Morgan fingerprint density at radius 3 is 2.45 bits per heavy atom. The molecule has 172 valence electrons. The van der Waals surface area contributed by atoms with Crippen LogP contribution in [0.15, 0.2) is 48.5 Å². The molecule has 2 aromatic carbocycles. The maximum Gasteiger partial charge on any atom is 0.274 e. The molecule has 1 unspecified atom stereocenters. The summed E-state index contributed by atoms with van der Waals surface area (Å²) in [6, 6.07) is 14.6. The maximum atomic E-state index is 12.9. The summed E-state index contributed by atoms with van der Waals surface area (Å²) >= 11 is 0. The Bertz CT molecular complexity index is 1220. The van der Waals surface area contributed by atoms with Crippen molar-refractivity contribution in [2.75, 3.05) is 13.1 Å². The molecule has 1 saturated heterocycles. The number of hydroxylamine groups is 1. The van der Waals surface area contributed by atoms with Crippen molar-refractivity contribution in [2.45, 2.75) is 39.9 Å². The van der Waals surface area contributed by atoms with E-state index in [1.807, 2.05) is 44.2 Å². The molecule has 4 rings (SSSR count). The zero-order chi connectivity index (χ0) is 23.7. The van der Waals surface area contributed by atoms with Crippen LogP contribution in [0.5, 0.6) is 0 Å². The number of aromatic nitrogens is 1. The number of benzene rings is 2. The molecule has 0 bridgehead atoms. The quantitative estimate of drug-likeness (QED) is 0.448. The van der Waals surface area contributed by atoms with Crippen molar-refractivity contribution < 1.29 is 19.6 Å². The molecule has 0 saturated carbocycles. The zero-order valence-electron chi connectivity index (χ0n) is 19.0. The number of piperazine rings is 1. The predicted octanol–water partition coefficient (Wildman–Crippen LogP) is 2.70. The first-order chi connectivity index (χ1) is 15.8. The lowest BCUT2D eigenvalue weighted by molar-refractivity contribution is -0.155. The normalized spacial score (nSPS) is 16.5. The minimum Gasteiger partial charge on any atom is -0.338 e. The summed E-state index contributed by atoms with van der Waals surface area (Å²) in [4.78, 5) is 40.5. The van der Waals surface area contributed by atoms with Gasteiger partial charge in [-0.3, -0.25) is 19.6 Å². The lowest BCUT2D eigenvalue weighted by Crippen LogP contribution is -2.58. The van der Waals surface area contributed by atoms with E-state index in [-0.39, 0.29) is 18.4 Å². The first-order valence-electron chi connectivity index (χ1n) is 11.0. The molecule has 2 N–H and O–H groups in total. The summed E-state index contributed by atoms with van der Waals surface area (Å²) in [5.74, 6) is -0.650. The standard InChI is InChI=1S/C25H28N4O4/c1-4-27-15-23(30)28(17(3)25(27)32)14-22-16(2)20-7-5-6-8-21(20)29(22)13-18-9-11-19(12-10-18)24(31)26-33/h5-12,17,33H,4,13-15H2,1-3H3,(H,26,31). The van der Waals surface area contributed by atoms with Gasteiger partial charge in [-0.25, -0.2) is 5.48 Å². The summed E-state index contributed by atoms with van der Waals surface area (Å²) in [7, 11) is 0. The van der Waals surface area contributed by atoms with Crippen molar-refractivity contribution in [3.05, 3.63) is 70.9 Å². The van der Waals surface area contributed by atoms with Gasteiger partial charge in [-0.2, -0.15) is 0 Å². The number of hydrogen-bond donors (Lipinski definition) is 2. The lowest BCUT2D eigenvalue weighted by atomic mass is 10.1. The number of carbonyl (C=O) groups is 3. The van der Waals surface area contributed by atoms with Crippen molar-refractivity contribution >= 4 is 28.6 Å². The van der Waals surface area contributed by atoms with Crippen molar-refractivity contribution in [3.8, 4) is 0 Å². The minimum absolute atomic E-state index is 0.0323. The van der Waals surface area contributed by atoms with E-state index >= 15 is 0 Å². The monoisotopic (exact) mass is 448 g/mol. The summed E-state index contributed by atoms with van der Waals surface area (Å²) in [5.41, 5.74) is 6.07. The SMILES string of the molecule is CCN1CC(=O)N(Cc2c(C)c3ccccc3n2Cc2ccc(C(=O)NO)cc2)C(C)C1=O. The molecule has 1 aliphatic rings. The molecule has 3 amide bonds. The van der Waals surface area contributed by atoms with Crippen LogP contribution in [0, 0.1) is 6.92 Å². The Morgan fingerprint density at radius 2 is 1.79 bits per heavy atom. The van der Waals surface area contributed by atoms with Gasteiger partial charge in [-0.05, 0) is 50.1 Å². The van der Waals surface area contributed by atoms with Crippen LogP contribution in [0.25, 0.3) is 10.9 Å². The molecule has 2 heterocycles. The van der Waals surface area contributed by atoms with Crippen LogP contribution < -0.4 is 5.48 Å². The Labute approximate surface area is 192 Å². The van der Waals surface area contributed by atoms with Gasteiger partial charge in [0, 0.05) is 35.2 Å². The highest BCUT2D eigenvalue weighted by atomic mass is 16.5. The number of likely N-dealkylation sites (N-methyl/N-ethyl adjacent to an activating group) is 1. The molecule has 0 spiro atoms. The van der Waals surface area contributed by atoms with Gasteiger partial charge in [-0.15, -0.1) is 0 Å². The molecule has 8 nitrogen and oxygen atoms in total. The topological polar surface area (TPSA) is 94.9 Å². The van der Waals surface area contributed by atoms with Gasteiger partial charge in [0.25, 0.3) is 5.91 Å². The summed E-state index contributed by atoms with van der Waals surface area (Å²) in [6.45, 7) is 7.22. The molecule has 1 fully saturated rings. The first kappa shape index (κ1) is 22.5. The molecule has 0 radical (unpaired) electrons. The summed E-state index contributed by atoms with van der Waals surface area (Å²) in [6.07, 6.45) is 0. The van der Waals surface area contributed by atoms with Gasteiger partial charge in [0.2, 0.25) is 11.8 Å². The highest BCUT2D eigenvalue weighted by Gasteiger charge is 2.36. The van der Waals surface area contributed by atoms with Crippen LogP contribution in [0.3, 0.4) is 0 Å². The number of fused-ring (bicyclic) bond motifs is 1. The van der Waals surface area contributed by atoms with E-state index in [9.17, 15) is 14.4 Å². The second kappa shape index (κ2) is 9.07. The third-order valence-electron chi connectivity index (χ3n) is 6.50. The van der Waals surface area contributed by atoms with Gasteiger partial charge in [-0.1, -0.05) is 30.3 Å². The Morgan fingerprint density at radius 1 is 1.09 bits per heavy atom.